The van der Waals surface area contributed by atoms with E-state index in [1.54, 1.807) is 23.1 Å². The average Bonchev–Trinajstić information content (AvgIpc) is 3.37. The van der Waals surface area contributed by atoms with Gasteiger partial charge >= 0.3 is 0 Å². The molecule has 5 rings (SSSR count). The second-order valence-electron chi connectivity index (χ2n) is 9.38. The highest BCUT2D eigenvalue weighted by molar-refractivity contribution is 6.30. The number of nitrogens with one attached hydrogen (secondary N) is 1. The van der Waals surface area contributed by atoms with Gasteiger partial charge in [0.15, 0.2) is 11.5 Å². The molecule has 0 unspecified atom stereocenters. The molecule has 0 atom stereocenters. The van der Waals surface area contributed by atoms with Crippen LogP contribution in [-0.4, -0.2) is 29.0 Å². The number of rotatable bonds is 7. The molecule has 0 aromatic heterocycles. The van der Waals surface area contributed by atoms with Crippen molar-refractivity contribution in [2.75, 3.05) is 12.1 Å². The van der Waals surface area contributed by atoms with Gasteiger partial charge in [0.2, 0.25) is 18.6 Å². The Morgan fingerprint density at radius 2 is 1.58 bits per heavy atom. The number of fused-ring (bicyclic) bond motifs is 1. The molecule has 36 heavy (non-hydrogen) atoms. The highest BCUT2D eigenvalue weighted by Crippen LogP contribution is 2.38. The lowest BCUT2D eigenvalue weighted by atomic mass is 9.78. The number of carbonyl (C=O) groups excluding carboxylic acids is 2. The third-order valence-electron chi connectivity index (χ3n) is 7.00. The fourth-order valence-electron chi connectivity index (χ4n) is 5.09. The van der Waals surface area contributed by atoms with Crippen LogP contribution in [0.2, 0.25) is 5.02 Å². The first-order valence-corrected chi connectivity index (χ1v) is 12.7. The van der Waals surface area contributed by atoms with Crippen molar-refractivity contribution in [1.29, 1.82) is 0 Å². The molecule has 186 valence electrons. The lowest BCUT2D eigenvalue weighted by Crippen LogP contribution is -2.60. The minimum absolute atomic E-state index is 0.0705. The van der Waals surface area contributed by atoms with Crippen LogP contribution in [-0.2, 0) is 22.6 Å². The van der Waals surface area contributed by atoms with Gasteiger partial charge in [0.1, 0.15) is 5.54 Å². The zero-order valence-electron chi connectivity index (χ0n) is 20.0. The first-order chi connectivity index (χ1) is 17.5. The summed E-state index contributed by atoms with van der Waals surface area (Å²) in [5, 5.41) is 3.72. The van der Waals surface area contributed by atoms with Crippen molar-refractivity contribution < 1.29 is 19.1 Å². The zero-order chi connectivity index (χ0) is 25.0. The van der Waals surface area contributed by atoms with Crippen LogP contribution in [0.15, 0.2) is 72.8 Å². The van der Waals surface area contributed by atoms with Crippen LogP contribution < -0.4 is 14.8 Å². The summed E-state index contributed by atoms with van der Waals surface area (Å²) < 4.78 is 10.9. The van der Waals surface area contributed by atoms with E-state index >= 15 is 0 Å². The molecule has 1 aliphatic carbocycles. The number of hydrogen-bond acceptors (Lipinski definition) is 4. The molecule has 3 aromatic rings. The van der Waals surface area contributed by atoms with Gasteiger partial charge in [-0.15, -0.1) is 0 Å². The number of amides is 2. The Balaban J connectivity index is 1.48. The first kappa shape index (κ1) is 24.2. The lowest BCUT2D eigenvalue weighted by molar-refractivity contribution is -0.148. The first-order valence-electron chi connectivity index (χ1n) is 12.3. The Bertz CT molecular complexity index is 1220. The van der Waals surface area contributed by atoms with Gasteiger partial charge in [0.05, 0.1) is 6.42 Å². The third-order valence-corrected chi connectivity index (χ3v) is 7.26. The molecule has 1 N–H and O–H groups in total. The van der Waals surface area contributed by atoms with Crippen molar-refractivity contribution >= 4 is 29.1 Å². The highest BCUT2D eigenvalue weighted by atomic mass is 35.5. The van der Waals surface area contributed by atoms with Gasteiger partial charge in [-0.1, -0.05) is 73.3 Å². The molecule has 0 saturated heterocycles. The quantitative estimate of drug-likeness (QED) is 0.429. The van der Waals surface area contributed by atoms with E-state index in [1.165, 1.54) is 0 Å². The molecule has 3 aromatic carbocycles. The van der Waals surface area contributed by atoms with Crippen LogP contribution in [0.3, 0.4) is 0 Å². The largest absolute Gasteiger partial charge is 0.454 e. The smallest absolute Gasteiger partial charge is 0.250 e. The third kappa shape index (κ3) is 5.19. The summed E-state index contributed by atoms with van der Waals surface area (Å²) in [7, 11) is 0. The van der Waals surface area contributed by atoms with Crippen LogP contribution in [0.4, 0.5) is 5.69 Å². The monoisotopic (exact) mass is 504 g/mol. The maximum Gasteiger partial charge on any atom is 0.250 e. The van der Waals surface area contributed by atoms with E-state index in [1.807, 2.05) is 54.6 Å². The van der Waals surface area contributed by atoms with Crippen LogP contribution in [0.25, 0.3) is 0 Å². The summed E-state index contributed by atoms with van der Waals surface area (Å²) in [4.78, 5) is 29.7. The molecule has 1 saturated carbocycles. The summed E-state index contributed by atoms with van der Waals surface area (Å²) in [5.74, 6) is 1.02. The molecule has 2 amide bonds. The molecule has 7 heteroatoms. The number of anilines is 1. The van der Waals surface area contributed by atoms with Gasteiger partial charge in [-0.05, 0) is 48.2 Å². The van der Waals surface area contributed by atoms with Gasteiger partial charge in [-0.2, -0.15) is 0 Å². The SMILES string of the molecule is O=C(Cc1ccccc1)N(Cc1ccc(Cl)cc1)C1(C(=O)Nc2ccc3c(c2)OCO3)CCCCC1. The van der Waals surface area contributed by atoms with E-state index in [0.29, 0.717) is 41.6 Å². The van der Waals surface area contributed by atoms with Crippen LogP contribution in [0, 0.1) is 0 Å². The van der Waals surface area contributed by atoms with E-state index in [9.17, 15) is 9.59 Å². The topological polar surface area (TPSA) is 67.9 Å². The lowest BCUT2D eigenvalue weighted by Gasteiger charge is -2.45. The van der Waals surface area contributed by atoms with Crippen LogP contribution >= 0.6 is 11.6 Å². The second-order valence-corrected chi connectivity index (χ2v) is 9.82. The fourth-order valence-corrected chi connectivity index (χ4v) is 5.22. The van der Waals surface area contributed by atoms with Crippen molar-refractivity contribution in [2.24, 2.45) is 0 Å². The Hall–Kier alpha value is -3.51. The van der Waals surface area contributed by atoms with Gasteiger partial charge in [0.25, 0.3) is 0 Å². The molecular weight excluding hydrogens is 476 g/mol. The molecule has 0 spiro atoms. The molecule has 2 aliphatic rings. The fraction of sp³-hybridized carbons (Fsp3) is 0.310. The number of ether oxygens (including phenoxy) is 2. The van der Waals surface area contributed by atoms with E-state index in [0.717, 1.165) is 30.4 Å². The Kier molecular flexibility index (Phi) is 7.14. The summed E-state index contributed by atoms with van der Waals surface area (Å²) >= 11 is 6.11. The maximum absolute atomic E-state index is 14.0. The maximum atomic E-state index is 14.0. The van der Waals surface area contributed by atoms with Gasteiger partial charge in [-0.25, -0.2) is 0 Å². The zero-order valence-corrected chi connectivity index (χ0v) is 20.8. The highest BCUT2D eigenvalue weighted by Gasteiger charge is 2.47. The number of carbonyl (C=O) groups is 2. The average molecular weight is 505 g/mol. The number of nitrogens with zero attached hydrogens (tertiary/aromatic N) is 1. The molecule has 1 aliphatic heterocycles. The van der Waals surface area contributed by atoms with Gasteiger partial charge in [-0.3, -0.25) is 9.59 Å². The van der Waals surface area contributed by atoms with Crippen LogP contribution in [0.1, 0.15) is 43.2 Å². The summed E-state index contributed by atoms with van der Waals surface area (Å²) in [6.07, 6.45) is 4.25. The Labute approximate surface area is 216 Å². The minimum Gasteiger partial charge on any atom is -0.454 e. The van der Waals surface area contributed by atoms with E-state index in [4.69, 9.17) is 21.1 Å². The van der Waals surface area contributed by atoms with Crippen LogP contribution in [0.5, 0.6) is 11.5 Å². The standard InChI is InChI=1S/C29H29ClN2O4/c30-23-11-9-22(10-12-23)19-32(27(33)17-21-7-3-1-4-8-21)29(15-5-2-6-16-29)28(34)31-24-13-14-25-26(18-24)36-20-35-25/h1,3-4,7-14,18H,2,5-6,15-17,19-20H2,(H,31,34). The van der Waals surface area contributed by atoms with Crippen molar-refractivity contribution in [3.05, 3.63) is 88.9 Å². The van der Waals surface area contributed by atoms with Gasteiger partial charge < -0.3 is 19.7 Å². The van der Waals surface area contributed by atoms with Crippen molar-refractivity contribution in [3.8, 4) is 11.5 Å². The normalized spacial score (nSPS) is 15.8. The molecular formula is C29H29ClN2O4. The number of hydrogen-bond donors (Lipinski definition) is 1. The number of benzene rings is 3. The second kappa shape index (κ2) is 10.6. The predicted octanol–water partition coefficient (Wildman–Crippen LogP) is 5.98. The van der Waals surface area contributed by atoms with Crippen molar-refractivity contribution in [3.63, 3.8) is 0 Å². The summed E-state index contributed by atoms with van der Waals surface area (Å²) in [5.41, 5.74) is 1.52. The molecule has 0 radical (unpaired) electrons. The predicted molar refractivity (Wildman–Crippen MR) is 139 cm³/mol. The summed E-state index contributed by atoms with van der Waals surface area (Å²) in [6, 6.07) is 22.5. The molecule has 1 fully saturated rings. The molecule has 1 heterocycles. The molecule has 0 bridgehead atoms. The van der Waals surface area contributed by atoms with Gasteiger partial charge in [0, 0.05) is 23.3 Å². The van der Waals surface area contributed by atoms with Crippen molar-refractivity contribution in [1.82, 2.24) is 4.90 Å². The summed E-state index contributed by atoms with van der Waals surface area (Å²) in [6.45, 7) is 0.497. The Morgan fingerprint density at radius 1 is 0.861 bits per heavy atom. The van der Waals surface area contributed by atoms with Crippen molar-refractivity contribution in [2.45, 2.75) is 50.6 Å². The van der Waals surface area contributed by atoms with E-state index in [-0.39, 0.29) is 25.0 Å². The van der Waals surface area contributed by atoms with E-state index in [2.05, 4.69) is 5.32 Å². The molecule has 6 nitrogen and oxygen atoms in total. The number of halogens is 1. The van der Waals surface area contributed by atoms with E-state index < -0.39 is 5.54 Å². The minimum atomic E-state index is -0.958. The Morgan fingerprint density at radius 3 is 2.33 bits per heavy atom.